The van der Waals surface area contributed by atoms with Crippen LogP contribution < -0.4 is 5.32 Å². The number of amides is 2. The lowest BCUT2D eigenvalue weighted by Gasteiger charge is -2.23. The summed E-state index contributed by atoms with van der Waals surface area (Å²) in [4.78, 5) is 38.1. The Hall–Kier alpha value is -3.22. The minimum Gasteiger partial charge on any atom is -0.338 e. The number of nitro benzene ring substituents is 1. The topological polar surface area (TPSA) is 92.6 Å². The first-order chi connectivity index (χ1) is 16.0. The van der Waals surface area contributed by atoms with Gasteiger partial charge in [-0.3, -0.25) is 19.7 Å². The first-order valence-electron chi connectivity index (χ1n) is 11.9. The molecule has 0 heterocycles. The highest BCUT2D eigenvalue weighted by Gasteiger charge is 2.49. The van der Waals surface area contributed by atoms with Crippen molar-refractivity contribution >= 4 is 23.2 Å². The molecule has 0 bridgehead atoms. The number of anilines is 1. The number of rotatable bonds is 13. The Morgan fingerprint density at radius 1 is 0.970 bits per heavy atom. The van der Waals surface area contributed by atoms with Crippen molar-refractivity contribution in [1.29, 1.82) is 0 Å². The summed E-state index contributed by atoms with van der Waals surface area (Å²) >= 11 is 0. The molecular formula is C26H33N3O4. The summed E-state index contributed by atoms with van der Waals surface area (Å²) in [5.41, 5.74) is 1.56. The number of non-ortho nitro benzene ring substituents is 1. The van der Waals surface area contributed by atoms with Crippen molar-refractivity contribution in [2.24, 2.45) is 11.8 Å². The van der Waals surface area contributed by atoms with Crippen molar-refractivity contribution in [2.75, 3.05) is 11.9 Å². The van der Waals surface area contributed by atoms with Gasteiger partial charge in [0.1, 0.15) is 0 Å². The summed E-state index contributed by atoms with van der Waals surface area (Å²) in [6.45, 7) is 3.46. The van der Waals surface area contributed by atoms with Crippen LogP contribution >= 0.6 is 0 Å². The van der Waals surface area contributed by atoms with Gasteiger partial charge in [-0.1, -0.05) is 69.4 Å². The van der Waals surface area contributed by atoms with E-state index in [0.717, 1.165) is 18.4 Å². The summed E-state index contributed by atoms with van der Waals surface area (Å²) in [6, 6.07) is 15.7. The van der Waals surface area contributed by atoms with Gasteiger partial charge in [0.25, 0.3) is 5.69 Å². The standard InChI is InChI=1S/C26H33N3O4/c1-2-3-4-5-6-10-17-28(19-20-11-8-7-9-12-20)26(31)24-18-23(24)25(30)27-21-13-15-22(16-14-21)29(32)33/h7-9,11-16,23-24H,2-6,10,17-19H2,1H3,(H,27,30). The molecule has 1 aliphatic rings. The molecular weight excluding hydrogens is 418 g/mol. The molecule has 2 aromatic carbocycles. The van der Waals surface area contributed by atoms with E-state index < -0.39 is 4.92 Å². The van der Waals surface area contributed by atoms with Gasteiger partial charge in [-0.05, 0) is 30.5 Å². The lowest BCUT2D eigenvalue weighted by atomic mass is 10.1. The third-order valence-electron chi connectivity index (χ3n) is 6.10. The van der Waals surface area contributed by atoms with Gasteiger partial charge in [0, 0.05) is 30.9 Å². The molecule has 1 aliphatic carbocycles. The maximum atomic E-state index is 13.2. The molecule has 2 aromatic rings. The number of carbonyl (C=O) groups is 2. The van der Waals surface area contributed by atoms with Gasteiger partial charge in [-0.25, -0.2) is 0 Å². The Bertz CT molecular complexity index is 930. The van der Waals surface area contributed by atoms with Gasteiger partial charge in [-0.15, -0.1) is 0 Å². The van der Waals surface area contributed by atoms with Crippen LogP contribution in [-0.2, 0) is 16.1 Å². The Balaban J connectivity index is 1.55. The molecule has 33 heavy (non-hydrogen) atoms. The highest BCUT2D eigenvalue weighted by atomic mass is 16.6. The van der Waals surface area contributed by atoms with Gasteiger partial charge >= 0.3 is 0 Å². The number of nitrogens with zero attached hydrogens (tertiary/aromatic N) is 2. The Kier molecular flexibility index (Phi) is 8.98. The van der Waals surface area contributed by atoms with Crippen LogP contribution in [0.3, 0.4) is 0 Å². The van der Waals surface area contributed by atoms with Crippen LogP contribution in [0.4, 0.5) is 11.4 Å². The number of benzene rings is 2. The molecule has 0 radical (unpaired) electrons. The zero-order valence-corrected chi connectivity index (χ0v) is 19.2. The second-order valence-corrected chi connectivity index (χ2v) is 8.76. The van der Waals surface area contributed by atoms with Crippen molar-refractivity contribution < 1.29 is 14.5 Å². The number of hydrogen-bond acceptors (Lipinski definition) is 4. The van der Waals surface area contributed by atoms with Crippen LogP contribution in [-0.4, -0.2) is 28.2 Å². The van der Waals surface area contributed by atoms with E-state index >= 15 is 0 Å². The molecule has 1 saturated carbocycles. The van der Waals surface area contributed by atoms with Crippen LogP contribution in [0.2, 0.25) is 0 Å². The van der Waals surface area contributed by atoms with E-state index in [9.17, 15) is 19.7 Å². The first kappa shape index (κ1) is 24.4. The normalized spacial score (nSPS) is 16.8. The number of carbonyl (C=O) groups excluding carboxylic acids is 2. The smallest absolute Gasteiger partial charge is 0.269 e. The fourth-order valence-electron chi connectivity index (χ4n) is 4.05. The summed E-state index contributed by atoms with van der Waals surface area (Å²) in [5.74, 6) is -0.819. The van der Waals surface area contributed by atoms with Crippen molar-refractivity contribution in [2.45, 2.75) is 58.4 Å². The number of unbranched alkanes of at least 4 members (excludes halogenated alkanes) is 5. The molecule has 0 aromatic heterocycles. The fraction of sp³-hybridized carbons (Fsp3) is 0.462. The summed E-state index contributed by atoms with van der Waals surface area (Å²) in [7, 11) is 0. The van der Waals surface area contributed by atoms with Gasteiger partial charge in [0.2, 0.25) is 11.8 Å². The van der Waals surface area contributed by atoms with Gasteiger partial charge in [-0.2, -0.15) is 0 Å². The van der Waals surface area contributed by atoms with Crippen molar-refractivity contribution in [1.82, 2.24) is 4.90 Å². The summed E-state index contributed by atoms with van der Waals surface area (Å²) < 4.78 is 0. The Morgan fingerprint density at radius 2 is 1.64 bits per heavy atom. The molecule has 0 aliphatic heterocycles. The highest BCUT2D eigenvalue weighted by Crippen LogP contribution is 2.41. The quantitative estimate of drug-likeness (QED) is 0.245. The summed E-state index contributed by atoms with van der Waals surface area (Å²) in [5, 5.41) is 13.6. The van der Waals surface area contributed by atoms with E-state index in [1.165, 1.54) is 49.9 Å². The minimum atomic E-state index is -0.480. The minimum absolute atomic E-state index is 0.0290. The monoisotopic (exact) mass is 451 g/mol. The molecule has 0 saturated heterocycles. The Morgan fingerprint density at radius 3 is 2.30 bits per heavy atom. The van der Waals surface area contributed by atoms with Gasteiger partial charge in [0.15, 0.2) is 0 Å². The third-order valence-corrected chi connectivity index (χ3v) is 6.10. The predicted octanol–water partition coefficient (Wildman–Crippen LogP) is 5.56. The maximum absolute atomic E-state index is 13.2. The molecule has 1 fully saturated rings. The zero-order valence-electron chi connectivity index (χ0n) is 19.2. The van der Waals surface area contributed by atoms with Crippen LogP contribution in [0, 0.1) is 22.0 Å². The number of hydrogen-bond donors (Lipinski definition) is 1. The average molecular weight is 452 g/mol. The molecule has 2 unspecified atom stereocenters. The molecule has 7 nitrogen and oxygen atoms in total. The SMILES string of the molecule is CCCCCCCCN(Cc1ccccc1)C(=O)C1CC1C(=O)Nc1ccc([N+](=O)[O-])cc1. The fourth-order valence-corrected chi connectivity index (χ4v) is 4.05. The molecule has 3 rings (SSSR count). The number of nitrogens with one attached hydrogen (secondary N) is 1. The van der Waals surface area contributed by atoms with Crippen molar-refractivity contribution in [3.05, 3.63) is 70.3 Å². The van der Waals surface area contributed by atoms with E-state index in [-0.39, 0.29) is 29.3 Å². The zero-order chi connectivity index (χ0) is 23.6. The van der Waals surface area contributed by atoms with Crippen LogP contribution in [0.1, 0.15) is 57.4 Å². The maximum Gasteiger partial charge on any atom is 0.269 e. The van der Waals surface area contributed by atoms with E-state index in [1.807, 2.05) is 35.2 Å². The molecule has 2 atom stereocenters. The molecule has 2 amide bonds. The van der Waals surface area contributed by atoms with E-state index in [4.69, 9.17) is 0 Å². The third kappa shape index (κ3) is 7.41. The molecule has 7 heteroatoms. The average Bonchev–Trinajstić information content (AvgIpc) is 3.62. The second kappa shape index (κ2) is 12.1. The van der Waals surface area contributed by atoms with Gasteiger partial charge < -0.3 is 10.2 Å². The lowest BCUT2D eigenvalue weighted by molar-refractivity contribution is -0.384. The Labute approximate surface area is 195 Å². The van der Waals surface area contributed by atoms with Crippen LogP contribution in [0.15, 0.2) is 54.6 Å². The molecule has 176 valence electrons. The second-order valence-electron chi connectivity index (χ2n) is 8.76. The van der Waals surface area contributed by atoms with E-state index in [1.54, 1.807) is 0 Å². The van der Waals surface area contributed by atoms with Crippen molar-refractivity contribution in [3.63, 3.8) is 0 Å². The van der Waals surface area contributed by atoms with E-state index in [2.05, 4.69) is 12.2 Å². The first-order valence-corrected chi connectivity index (χ1v) is 11.9. The predicted molar refractivity (Wildman–Crippen MR) is 129 cm³/mol. The van der Waals surface area contributed by atoms with Crippen LogP contribution in [0.5, 0.6) is 0 Å². The highest BCUT2D eigenvalue weighted by molar-refractivity contribution is 5.99. The lowest BCUT2D eigenvalue weighted by Crippen LogP contribution is -2.34. The van der Waals surface area contributed by atoms with E-state index in [0.29, 0.717) is 25.2 Å². The molecule has 0 spiro atoms. The molecule has 1 N–H and O–H groups in total. The largest absolute Gasteiger partial charge is 0.338 e. The van der Waals surface area contributed by atoms with Gasteiger partial charge in [0.05, 0.1) is 16.8 Å². The summed E-state index contributed by atoms with van der Waals surface area (Å²) in [6.07, 6.45) is 7.49. The van der Waals surface area contributed by atoms with Crippen molar-refractivity contribution in [3.8, 4) is 0 Å². The number of nitro groups is 1. The van der Waals surface area contributed by atoms with Crippen LogP contribution in [0.25, 0.3) is 0 Å².